The average Bonchev–Trinajstić information content (AvgIpc) is 3.07. The number of amides is 1. The molecule has 0 spiro atoms. The molecule has 0 radical (unpaired) electrons. The summed E-state index contributed by atoms with van der Waals surface area (Å²) in [5, 5.41) is 2.89. The van der Waals surface area contributed by atoms with Gasteiger partial charge in [0, 0.05) is 37.6 Å². The highest BCUT2D eigenvalue weighted by molar-refractivity contribution is 7.89. The van der Waals surface area contributed by atoms with Gasteiger partial charge in [-0.25, -0.2) is 8.42 Å². The minimum absolute atomic E-state index is 0. The van der Waals surface area contributed by atoms with E-state index in [1.165, 1.54) is 0 Å². The van der Waals surface area contributed by atoms with Crippen LogP contribution in [0, 0.1) is 5.92 Å². The van der Waals surface area contributed by atoms with Gasteiger partial charge in [-0.2, -0.15) is 4.31 Å². The quantitative estimate of drug-likeness (QED) is 0.756. The van der Waals surface area contributed by atoms with Crippen LogP contribution in [0.4, 0.5) is 0 Å². The predicted octanol–water partition coefficient (Wildman–Crippen LogP) is 1.75. The number of carbonyl (C=O) groups excluding carboxylic acids is 1. The number of likely N-dealkylation sites (tertiary alicyclic amines) is 1. The van der Waals surface area contributed by atoms with Gasteiger partial charge < -0.3 is 10.2 Å². The van der Waals surface area contributed by atoms with Crippen molar-refractivity contribution in [3.05, 3.63) is 0 Å². The van der Waals surface area contributed by atoms with E-state index in [0.29, 0.717) is 13.0 Å². The van der Waals surface area contributed by atoms with E-state index < -0.39 is 15.3 Å². The Morgan fingerprint density at radius 1 is 0.962 bits per heavy atom. The molecular weight excluding hydrogens is 374 g/mol. The van der Waals surface area contributed by atoms with Crippen LogP contribution in [0.2, 0.25) is 0 Å². The summed E-state index contributed by atoms with van der Waals surface area (Å²) in [4.78, 5) is 14.6. The van der Waals surface area contributed by atoms with Gasteiger partial charge in [0.15, 0.2) is 0 Å². The molecule has 6 nitrogen and oxygen atoms in total. The van der Waals surface area contributed by atoms with Crippen molar-refractivity contribution < 1.29 is 13.2 Å². The summed E-state index contributed by atoms with van der Waals surface area (Å²) < 4.78 is 28.6. The van der Waals surface area contributed by atoms with E-state index in [2.05, 4.69) is 5.32 Å². The van der Waals surface area contributed by atoms with Gasteiger partial charge in [0.1, 0.15) is 0 Å². The summed E-state index contributed by atoms with van der Waals surface area (Å²) in [6, 6.07) is 0.314. The zero-order chi connectivity index (χ0) is 17.4. The first-order valence-electron chi connectivity index (χ1n) is 10.1. The van der Waals surface area contributed by atoms with Gasteiger partial charge >= 0.3 is 0 Å². The number of nitrogens with one attached hydrogen (secondary N) is 1. The maximum Gasteiger partial charge on any atom is 0.225 e. The highest BCUT2D eigenvalue weighted by Gasteiger charge is 2.47. The lowest BCUT2D eigenvalue weighted by Crippen LogP contribution is -2.53. The fraction of sp³-hybridized carbons (Fsp3) is 0.944. The summed E-state index contributed by atoms with van der Waals surface area (Å²) in [6.45, 7) is 2.81. The number of hydrogen-bond donors (Lipinski definition) is 1. The molecule has 0 bridgehead atoms. The first-order valence-corrected chi connectivity index (χ1v) is 11.6. The van der Waals surface area contributed by atoms with Crippen LogP contribution in [0.15, 0.2) is 0 Å². The molecule has 2 heterocycles. The highest BCUT2D eigenvalue weighted by Crippen LogP contribution is 2.36. The number of halogens is 1. The standard InChI is InChI=1S/C18H31N3O3S.ClH/c22-18(14-4-1-2-5-14)20-11-3-6-17(13-20)25(23,24)21(15-7-8-15)16-9-10-19-12-16;/h14-17,19H,1-13H2;1H. The molecule has 2 atom stereocenters. The van der Waals surface area contributed by atoms with Gasteiger partial charge in [-0.3, -0.25) is 4.79 Å². The third-order valence-corrected chi connectivity index (χ3v) is 8.82. The van der Waals surface area contributed by atoms with Gasteiger partial charge in [0.2, 0.25) is 15.9 Å². The third kappa shape index (κ3) is 4.05. The minimum atomic E-state index is -3.33. The Bertz CT molecular complexity index is 599. The lowest BCUT2D eigenvalue weighted by atomic mass is 10.0. The second-order valence-electron chi connectivity index (χ2n) is 8.28. The van der Waals surface area contributed by atoms with Crippen LogP contribution in [-0.2, 0) is 14.8 Å². The first kappa shape index (κ1) is 20.4. The topological polar surface area (TPSA) is 69.7 Å². The first-order chi connectivity index (χ1) is 12.1. The molecule has 2 aliphatic heterocycles. The monoisotopic (exact) mass is 405 g/mol. The molecule has 0 aromatic carbocycles. The molecule has 2 saturated heterocycles. The SMILES string of the molecule is Cl.O=C(C1CCCC1)N1CCCC(S(=O)(=O)N(C2CC2)C2CCNC2)C1. The zero-order valence-electron chi connectivity index (χ0n) is 15.4. The van der Waals surface area contributed by atoms with Crippen molar-refractivity contribution in [3.8, 4) is 0 Å². The van der Waals surface area contributed by atoms with Crippen LogP contribution in [0.5, 0.6) is 0 Å². The fourth-order valence-corrected chi connectivity index (χ4v) is 7.28. The molecule has 4 aliphatic rings. The summed E-state index contributed by atoms with van der Waals surface area (Å²) in [5.41, 5.74) is 0. The van der Waals surface area contributed by atoms with Gasteiger partial charge in [-0.1, -0.05) is 12.8 Å². The van der Waals surface area contributed by atoms with E-state index in [4.69, 9.17) is 0 Å². The van der Waals surface area contributed by atoms with Crippen molar-refractivity contribution in [2.45, 2.75) is 75.1 Å². The molecule has 150 valence electrons. The van der Waals surface area contributed by atoms with E-state index in [1.54, 1.807) is 0 Å². The van der Waals surface area contributed by atoms with Crippen molar-refractivity contribution in [2.75, 3.05) is 26.2 Å². The highest BCUT2D eigenvalue weighted by atomic mass is 35.5. The van der Waals surface area contributed by atoms with Crippen LogP contribution >= 0.6 is 12.4 Å². The van der Waals surface area contributed by atoms with Crippen molar-refractivity contribution in [1.82, 2.24) is 14.5 Å². The van der Waals surface area contributed by atoms with E-state index in [0.717, 1.165) is 71.0 Å². The lowest BCUT2D eigenvalue weighted by molar-refractivity contribution is -0.136. The zero-order valence-corrected chi connectivity index (χ0v) is 17.1. The molecule has 26 heavy (non-hydrogen) atoms. The Balaban J connectivity index is 0.00000196. The Kier molecular flexibility index (Phi) is 6.53. The Morgan fingerprint density at radius 2 is 1.69 bits per heavy atom. The molecule has 2 aliphatic carbocycles. The maximum atomic E-state index is 13.4. The molecular formula is C18H32ClN3O3S. The molecule has 0 aromatic heterocycles. The fourth-order valence-electron chi connectivity index (χ4n) is 4.88. The summed E-state index contributed by atoms with van der Waals surface area (Å²) in [7, 11) is -3.33. The second kappa shape index (κ2) is 8.33. The van der Waals surface area contributed by atoms with E-state index >= 15 is 0 Å². The van der Waals surface area contributed by atoms with Crippen LogP contribution in [-0.4, -0.2) is 67.0 Å². The largest absolute Gasteiger partial charge is 0.341 e. The predicted molar refractivity (Wildman–Crippen MR) is 104 cm³/mol. The third-order valence-electron chi connectivity index (χ3n) is 6.41. The molecule has 2 saturated carbocycles. The molecule has 1 amide bonds. The summed E-state index contributed by atoms with van der Waals surface area (Å²) in [5.74, 6) is 0.345. The van der Waals surface area contributed by atoms with E-state index in [-0.39, 0.29) is 36.3 Å². The molecule has 8 heteroatoms. The number of piperidine rings is 1. The van der Waals surface area contributed by atoms with Crippen LogP contribution in [0.1, 0.15) is 57.8 Å². The number of sulfonamides is 1. The van der Waals surface area contributed by atoms with Crippen molar-refractivity contribution >= 4 is 28.3 Å². The van der Waals surface area contributed by atoms with E-state index in [1.807, 2.05) is 9.21 Å². The number of hydrogen-bond acceptors (Lipinski definition) is 4. The lowest BCUT2D eigenvalue weighted by Gasteiger charge is -2.38. The maximum absolute atomic E-state index is 13.4. The molecule has 4 rings (SSSR count). The van der Waals surface area contributed by atoms with E-state index in [9.17, 15) is 13.2 Å². The van der Waals surface area contributed by atoms with Crippen molar-refractivity contribution in [1.29, 1.82) is 0 Å². The molecule has 1 N–H and O–H groups in total. The van der Waals surface area contributed by atoms with Crippen LogP contribution < -0.4 is 5.32 Å². The van der Waals surface area contributed by atoms with Gasteiger partial charge in [0.25, 0.3) is 0 Å². The van der Waals surface area contributed by atoms with Gasteiger partial charge in [-0.15, -0.1) is 12.4 Å². The van der Waals surface area contributed by atoms with Crippen LogP contribution in [0.25, 0.3) is 0 Å². The molecule has 0 aromatic rings. The Labute approximate surface area is 163 Å². The summed E-state index contributed by atoms with van der Waals surface area (Å²) in [6.07, 6.45) is 8.63. The molecule has 4 fully saturated rings. The number of nitrogens with zero attached hydrogens (tertiary/aromatic N) is 2. The summed E-state index contributed by atoms with van der Waals surface area (Å²) >= 11 is 0. The number of rotatable bonds is 5. The molecule has 2 unspecified atom stereocenters. The minimum Gasteiger partial charge on any atom is -0.341 e. The van der Waals surface area contributed by atoms with Crippen LogP contribution in [0.3, 0.4) is 0 Å². The smallest absolute Gasteiger partial charge is 0.225 e. The second-order valence-corrected chi connectivity index (χ2v) is 10.4. The average molecular weight is 406 g/mol. The van der Waals surface area contributed by atoms with Gasteiger partial charge in [-0.05, 0) is 51.5 Å². The Hall–Kier alpha value is -0.370. The van der Waals surface area contributed by atoms with Gasteiger partial charge in [0.05, 0.1) is 5.25 Å². The Morgan fingerprint density at radius 3 is 2.31 bits per heavy atom. The van der Waals surface area contributed by atoms with Crippen molar-refractivity contribution in [3.63, 3.8) is 0 Å². The van der Waals surface area contributed by atoms with Crippen molar-refractivity contribution in [2.24, 2.45) is 5.92 Å². The normalized spacial score (nSPS) is 30.6. The number of carbonyl (C=O) groups is 1.